The van der Waals surface area contributed by atoms with Crippen LogP contribution in [0.5, 0.6) is 0 Å². The van der Waals surface area contributed by atoms with Crippen molar-refractivity contribution >= 4 is 5.71 Å². The Morgan fingerprint density at radius 2 is 1.37 bits per heavy atom. The van der Waals surface area contributed by atoms with Gasteiger partial charge in [-0.25, -0.2) is 0 Å². The Morgan fingerprint density at radius 3 is 1.79 bits per heavy atom. The molecule has 0 amide bonds. The second-order valence-electron chi connectivity index (χ2n) is 5.16. The second-order valence-corrected chi connectivity index (χ2v) is 5.16. The van der Waals surface area contributed by atoms with Crippen molar-refractivity contribution in [2.24, 2.45) is 5.16 Å². The molecule has 0 radical (unpaired) electrons. The molecule has 0 saturated heterocycles. The van der Waals surface area contributed by atoms with Crippen molar-refractivity contribution in [2.45, 2.75) is 24.7 Å². The van der Waals surface area contributed by atoms with E-state index in [9.17, 15) is 0 Å². The zero-order chi connectivity index (χ0) is 13.1. The molecule has 1 aliphatic rings. The maximum Gasteiger partial charge on any atom is 0.0583 e. The molecule has 1 aliphatic carbocycles. The highest BCUT2D eigenvalue weighted by molar-refractivity contribution is 5.88. The Morgan fingerprint density at radius 1 is 0.842 bits per heavy atom. The lowest BCUT2D eigenvalue weighted by Crippen LogP contribution is -2.24. The first-order valence-electron chi connectivity index (χ1n) is 6.66. The van der Waals surface area contributed by atoms with E-state index in [4.69, 9.17) is 5.21 Å². The highest BCUT2D eigenvalue weighted by Crippen LogP contribution is 2.45. The average molecular weight is 251 g/mol. The molecule has 0 bridgehead atoms. The van der Waals surface area contributed by atoms with Crippen LogP contribution in [0.2, 0.25) is 0 Å². The lowest BCUT2D eigenvalue weighted by molar-refractivity contribution is 0.317. The number of rotatable bonds is 2. The monoisotopic (exact) mass is 251 g/mol. The Hall–Kier alpha value is -2.09. The van der Waals surface area contributed by atoms with Crippen LogP contribution in [0.4, 0.5) is 0 Å². The fourth-order valence-electron chi connectivity index (χ4n) is 3.14. The number of nitrogens with zero attached hydrogens (tertiary/aromatic N) is 1. The molecule has 0 unspecified atom stereocenters. The molecular weight excluding hydrogens is 234 g/mol. The molecule has 19 heavy (non-hydrogen) atoms. The van der Waals surface area contributed by atoms with Gasteiger partial charge >= 0.3 is 0 Å². The summed E-state index contributed by atoms with van der Waals surface area (Å²) in [4.78, 5) is 0. The second kappa shape index (κ2) is 4.88. The number of hydrogen-bond acceptors (Lipinski definition) is 2. The predicted molar refractivity (Wildman–Crippen MR) is 76.7 cm³/mol. The Bertz CT molecular complexity index is 535. The molecular formula is C17H17NO. The molecule has 0 atom stereocenters. The van der Waals surface area contributed by atoms with Crippen LogP contribution in [0.1, 0.15) is 30.4 Å². The van der Waals surface area contributed by atoms with E-state index in [-0.39, 0.29) is 5.41 Å². The topological polar surface area (TPSA) is 32.6 Å². The summed E-state index contributed by atoms with van der Waals surface area (Å²) in [5, 5.41) is 12.5. The molecule has 0 aromatic heterocycles. The molecule has 2 aromatic rings. The van der Waals surface area contributed by atoms with E-state index in [2.05, 4.69) is 53.7 Å². The van der Waals surface area contributed by atoms with Crippen LogP contribution in [-0.2, 0) is 5.41 Å². The van der Waals surface area contributed by atoms with E-state index in [0.717, 1.165) is 25.0 Å². The molecule has 1 fully saturated rings. The van der Waals surface area contributed by atoms with Crippen LogP contribution in [0, 0.1) is 0 Å². The van der Waals surface area contributed by atoms with Crippen molar-refractivity contribution in [2.75, 3.05) is 0 Å². The summed E-state index contributed by atoms with van der Waals surface area (Å²) >= 11 is 0. The van der Waals surface area contributed by atoms with Gasteiger partial charge in [-0.15, -0.1) is 0 Å². The first-order chi connectivity index (χ1) is 9.35. The summed E-state index contributed by atoms with van der Waals surface area (Å²) in [6.07, 6.45) is 2.66. The van der Waals surface area contributed by atoms with Gasteiger partial charge in [-0.2, -0.15) is 0 Å². The maximum atomic E-state index is 9.08. The molecule has 2 aromatic carbocycles. The van der Waals surface area contributed by atoms with E-state index < -0.39 is 0 Å². The SMILES string of the molecule is ON=C1CCC(c2ccccc2)(c2ccccc2)C1. The fourth-order valence-corrected chi connectivity index (χ4v) is 3.14. The zero-order valence-electron chi connectivity index (χ0n) is 10.8. The third kappa shape index (κ3) is 2.03. The lowest BCUT2D eigenvalue weighted by Gasteiger charge is -2.30. The highest BCUT2D eigenvalue weighted by atomic mass is 16.4. The van der Waals surface area contributed by atoms with E-state index >= 15 is 0 Å². The molecule has 0 heterocycles. The van der Waals surface area contributed by atoms with Crippen molar-refractivity contribution < 1.29 is 5.21 Å². The number of hydrogen-bond donors (Lipinski definition) is 1. The fraction of sp³-hybridized carbons (Fsp3) is 0.235. The number of oxime groups is 1. The number of benzene rings is 2. The third-order valence-corrected chi connectivity index (χ3v) is 4.14. The van der Waals surface area contributed by atoms with Gasteiger partial charge in [0, 0.05) is 11.8 Å². The minimum atomic E-state index is -0.0376. The van der Waals surface area contributed by atoms with Crippen LogP contribution in [0.3, 0.4) is 0 Å². The van der Waals surface area contributed by atoms with E-state index in [1.54, 1.807) is 0 Å². The summed E-state index contributed by atoms with van der Waals surface area (Å²) in [5.74, 6) is 0. The van der Waals surface area contributed by atoms with Gasteiger partial charge in [0.2, 0.25) is 0 Å². The summed E-state index contributed by atoms with van der Waals surface area (Å²) in [6, 6.07) is 21.1. The van der Waals surface area contributed by atoms with Gasteiger partial charge in [-0.05, 0) is 24.0 Å². The first-order valence-corrected chi connectivity index (χ1v) is 6.66. The van der Waals surface area contributed by atoms with Gasteiger partial charge in [0.1, 0.15) is 0 Å². The van der Waals surface area contributed by atoms with Crippen molar-refractivity contribution in [3.63, 3.8) is 0 Å². The van der Waals surface area contributed by atoms with Gasteiger partial charge < -0.3 is 5.21 Å². The molecule has 0 spiro atoms. The van der Waals surface area contributed by atoms with Crippen LogP contribution < -0.4 is 0 Å². The Labute approximate surface area is 113 Å². The molecule has 1 N–H and O–H groups in total. The molecule has 3 rings (SSSR count). The summed E-state index contributed by atoms with van der Waals surface area (Å²) in [7, 11) is 0. The van der Waals surface area contributed by atoms with Crippen LogP contribution in [0.15, 0.2) is 65.8 Å². The maximum absolute atomic E-state index is 9.08. The van der Waals surface area contributed by atoms with Gasteiger partial charge in [-0.1, -0.05) is 65.8 Å². The van der Waals surface area contributed by atoms with Crippen molar-refractivity contribution in [3.8, 4) is 0 Å². The van der Waals surface area contributed by atoms with E-state index in [0.29, 0.717) is 0 Å². The largest absolute Gasteiger partial charge is 0.411 e. The van der Waals surface area contributed by atoms with E-state index in [1.165, 1.54) is 11.1 Å². The van der Waals surface area contributed by atoms with Gasteiger partial charge in [-0.3, -0.25) is 0 Å². The van der Waals surface area contributed by atoms with Crippen LogP contribution in [0.25, 0.3) is 0 Å². The predicted octanol–water partition coefficient (Wildman–Crippen LogP) is 3.99. The average Bonchev–Trinajstić information content (AvgIpc) is 2.95. The molecule has 0 aliphatic heterocycles. The minimum absolute atomic E-state index is 0.0376. The highest BCUT2D eigenvalue weighted by Gasteiger charge is 2.40. The Balaban J connectivity index is 2.13. The normalized spacial score (nSPS) is 19.7. The Kier molecular flexibility index (Phi) is 3.08. The molecule has 2 nitrogen and oxygen atoms in total. The minimum Gasteiger partial charge on any atom is -0.411 e. The third-order valence-electron chi connectivity index (χ3n) is 4.14. The first kappa shape index (κ1) is 12.0. The van der Waals surface area contributed by atoms with Crippen LogP contribution >= 0.6 is 0 Å². The van der Waals surface area contributed by atoms with Crippen LogP contribution in [-0.4, -0.2) is 10.9 Å². The smallest absolute Gasteiger partial charge is 0.0583 e. The molecule has 1 saturated carbocycles. The van der Waals surface area contributed by atoms with E-state index in [1.807, 2.05) is 12.1 Å². The standard InChI is InChI=1S/C17H17NO/c19-18-16-11-12-17(13-16,14-7-3-1-4-8-14)15-9-5-2-6-10-15/h1-10,19H,11-13H2. The molecule has 96 valence electrons. The quantitative estimate of drug-likeness (QED) is 0.635. The van der Waals surface area contributed by atoms with Crippen molar-refractivity contribution in [1.82, 2.24) is 0 Å². The summed E-state index contributed by atoms with van der Waals surface area (Å²) in [5.41, 5.74) is 3.47. The zero-order valence-corrected chi connectivity index (χ0v) is 10.8. The van der Waals surface area contributed by atoms with Crippen molar-refractivity contribution in [3.05, 3.63) is 71.8 Å². The lowest BCUT2D eigenvalue weighted by atomic mass is 9.73. The molecule has 2 heteroatoms. The van der Waals surface area contributed by atoms with Gasteiger partial charge in [0.05, 0.1) is 5.71 Å². The van der Waals surface area contributed by atoms with Crippen molar-refractivity contribution in [1.29, 1.82) is 0 Å². The van der Waals surface area contributed by atoms with Gasteiger partial charge in [0.25, 0.3) is 0 Å². The summed E-state index contributed by atoms with van der Waals surface area (Å²) in [6.45, 7) is 0. The summed E-state index contributed by atoms with van der Waals surface area (Å²) < 4.78 is 0. The van der Waals surface area contributed by atoms with Gasteiger partial charge in [0.15, 0.2) is 0 Å².